The van der Waals surface area contributed by atoms with Crippen molar-refractivity contribution >= 4 is 51.4 Å². The first-order valence-corrected chi connectivity index (χ1v) is 17.5. The number of esters is 1. The molecule has 273 valence electrons. The van der Waals surface area contributed by atoms with Crippen LogP contribution in [-0.2, 0) is 39.8 Å². The van der Waals surface area contributed by atoms with Crippen LogP contribution >= 0.6 is 11.6 Å². The molecule has 5 unspecified atom stereocenters. The van der Waals surface area contributed by atoms with Crippen LogP contribution in [0.4, 0.5) is 10.5 Å². The maximum atomic E-state index is 14.0. The number of amides is 3. The Morgan fingerprint density at radius 2 is 1.92 bits per heavy atom. The molecule has 13 nitrogen and oxygen atoms in total. The van der Waals surface area contributed by atoms with Crippen LogP contribution in [-0.4, -0.2) is 114 Å². The van der Waals surface area contributed by atoms with E-state index in [1.165, 1.54) is 31.1 Å². The fraction of sp³-hybridized carbons (Fsp3) is 0.600. The highest BCUT2D eigenvalue weighted by Crippen LogP contribution is 2.50. The Labute approximate surface area is 301 Å². The lowest BCUT2D eigenvalue weighted by molar-refractivity contribution is -0.328. The standard InChI is InChI=1S/C35H47ClN3O10Si/c1-20-10-9-11-25(46-8)35(44)18-27(48-32(43)37-35)34(4)19-33(3,49-34)26(47-31(42)21(2)38(5)28(40)12-13-50)17-29(41)39(6)23-15-22(14-20)16-24(45-7)30(23)36/h9-11,15-16,21,25-27,44H,12-14,17-19H2,1-8H3,(H,37,43)/b11-9+,20-10+/t21-,25?,26-,27?,33?,34?,35?/m0/s1. The highest BCUT2D eigenvalue weighted by Gasteiger charge is 2.63. The number of carbonyl (C=O) groups is 4. The van der Waals surface area contributed by atoms with Crippen molar-refractivity contribution in [3.8, 4) is 5.75 Å². The Morgan fingerprint density at radius 1 is 1.24 bits per heavy atom. The number of aliphatic hydroxyl groups is 1. The molecule has 5 rings (SSSR count). The van der Waals surface area contributed by atoms with Gasteiger partial charge < -0.3 is 38.6 Å². The van der Waals surface area contributed by atoms with Crippen LogP contribution in [0.2, 0.25) is 11.1 Å². The van der Waals surface area contributed by atoms with Crippen molar-refractivity contribution in [3.63, 3.8) is 0 Å². The van der Waals surface area contributed by atoms with Crippen molar-refractivity contribution in [2.24, 2.45) is 0 Å². The number of likely N-dealkylation sites (N-methyl/N-ethyl adjacent to an activating group) is 1. The first kappa shape index (κ1) is 39.4. The summed E-state index contributed by atoms with van der Waals surface area (Å²) in [7, 11) is 9.29. The van der Waals surface area contributed by atoms with Gasteiger partial charge in [0.2, 0.25) is 11.8 Å². The third-order valence-corrected chi connectivity index (χ3v) is 10.4. The topological polar surface area (TPSA) is 153 Å². The van der Waals surface area contributed by atoms with E-state index in [-0.39, 0.29) is 36.6 Å². The van der Waals surface area contributed by atoms with Gasteiger partial charge in [0.05, 0.1) is 19.2 Å². The van der Waals surface area contributed by atoms with Gasteiger partial charge in [-0.3, -0.25) is 14.9 Å². The maximum absolute atomic E-state index is 14.0. The zero-order valence-electron chi connectivity index (χ0n) is 29.8. The highest BCUT2D eigenvalue weighted by atomic mass is 35.5. The van der Waals surface area contributed by atoms with E-state index < -0.39 is 59.3 Å². The molecule has 0 spiro atoms. The summed E-state index contributed by atoms with van der Waals surface area (Å²) in [5, 5.41) is 14.4. The van der Waals surface area contributed by atoms with Crippen LogP contribution in [0, 0.1) is 0 Å². The van der Waals surface area contributed by atoms with E-state index in [2.05, 4.69) is 15.6 Å². The number of allylic oxidation sites excluding steroid dienone is 3. The number of ether oxygens (including phenoxy) is 5. The molecule has 1 aromatic rings. The van der Waals surface area contributed by atoms with Crippen LogP contribution < -0.4 is 15.0 Å². The van der Waals surface area contributed by atoms with E-state index >= 15 is 0 Å². The third kappa shape index (κ3) is 8.20. The molecule has 15 heteroatoms. The number of carbonyl (C=O) groups excluding carboxylic acids is 4. The number of halogens is 1. The number of methoxy groups -OCH3 is 2. The number of alkyl carbamates (subject to hydrolysis) is 1. The number of benzene rings is 1. The first-order valence-electron chi connectivity index (χ1n) is 16.4. The highest BCUT2D eigenvalue weighted by molar-refractivity contribution is 6.35. The summed E-state index contributed by atoms with van der Waals surface area (Å²) >= 11 is 6.73. The molecule has 4 aliphatic rings. The smallest absolute Gasteiger partial charge is 0.409 e. The van der Waals surface area contributed by atoms with Gasteiger partial charge in [0.1, 0.15) is 46.3 Å². The second-order valence-electron chi connectivity index (χ2n) is 13.7. The second kappa shape index (κ2) is 15.4. The summed E-state index contributed by atoms with van der Waals surface area (Å²) in [4.78, 5) is 55.7. The molecule has 50 heavy (non-hydrogen) atoms. The van der Waals surface area contributed by atoms with Crippen molar-refractivity contribution < 1.29 is 48.0 Å². The Hall–Kier alpha value is -3.43. The van der Waals surface area contributed by atoms with Gasteiger partial charge in [0.25, 0.3) is 0 Å². The number of anilines is 1. The van der Waals surface area contributed by atoms with Crippen LogP contribution in [0.25, 0.3) is 0 Å². The van der Waals surface area contributed by atoms with Crippen molar-refractivity contribution in [2.75, 3.05) is 33.2 Å². The average molecular weight is 733 g/mol. The summed E-state index contributed by atoms with van der Waals surface area (Å²) in [6, 6.07) is 3.03. The summed E-state index contributed by atoms with van der Waals surface area (Å²) in [5.74, 6) is -1.06. The normalized spacial score (nSPS) is 32.3. The Morgan fingerprint density at radius 3 is 2.54 bits per heavy atom. The molecule has 4 heterocycles. The van der Waals surface area contributed by atoms with Crippen molar-refractivity contribution in [2.45, 2.75) is 107 Å². The predicted molar refractivity (Wildman–Crippen MR) is 186 cm³/mol. The summed E-state index contributed by atoms with van der Waals surface area (Å²) in [6.07, 6.45) is 1.76. The van der Waals surface area contributed by atoms with E-state index in [0.717, 1.165) is 11.1 Å². The number of hydrogen-bond acceptors (Lipinski definition) is 10. The molecule has 3 radical (unpaired) electrons. The lowest BCUT2D eigenvalue weighted by Crippen LogP contribution is -2.72. The number of nitrogens with one attached hydrogen (secondary N) is 1. The molecule has 0 saturated carbocycles. The quantitative estimate of drug-likeness (QED) is 0.314. The Balaban J connectivity index is 1.78. The van der Waals surface area contributed by atoms with Gasteiger partial charge in [-0.05, 0) is 51.8 Å². The minimum atomic E-state index is -1.85. The number of nitrogens with zero attached hydrogens (tertiary/aromatic N) is 2. The number of fused-ring (bicyclic) bond motifs is 6. The van der Waals surface area contributed by atoms with Gasteiger partial charge in [-0.1, -0.05) is 41.4 Å². The SMILES string of the molecule is COc1cc2cc(c1Cl)N(C)C(=O)C[C@H](OC(=O)[C@H](C)N(C)C(=O)CC[Si])C1(C)CC(C)(O1)C1CC(O)(NC(=O)O1)C(OC)/C=C/C=C(\C)C2. The Kier molecular flexibility index (Phi) is 12.2. The molecule has 2 saturated heterocycles. The van der Waals surface area contributed by atoms with Gasteiger partial charge in [0, 0.05) is 50.7 Å². The average Bonchev–Trinajstić information content (AvgIpc) is 3.04. The summed E-state index contributed by atoms with van der Waals surface area (Å²) in [6.45, 7) is 6.89. The molecule has 3 amide bonds. The molecule has 2 fully saturated rings. The first-order chi connectivity index (χ1) is 23.4. The van der Waals surface area contributed by atoms with Crippen molar-refractivity contribution in [1.82, 2.24) is 10.2 Å². The van der Waals surface area contributed by atoms with Crippen LogP contribution in [0.15, 0.2) is 35.9 Å². The molecular weight excluding hydrogens is 686 g/mol. The number of hydrogen-bond donors (Lipinski definition) is 2. The molecular formula is C35H47ClN3O10Si. The summed E-state index contributed by atoms with van der Waals surface area (Å²) in [5.41, 5.74) is -2.10. The largest absolute Gasteiger partial charge is 0.495 e. The maximum Gasteiger partial charge on any atom is 0.409 e. The zero-order valence-corrected chi connectivity index (χ0v) is 31.6. The van der Waals surface area contributed by atoms with E-state index in [9.17, 15) is 24.3 Å². The second-order valence-corrected chi connectivity index (χ2v) is 14.6. The fourth-order valence-corrected chi connectivity index (χ4v) is 7.32. The molecule has 0 aliphatic carbocycles. The minimum Gasteiger partial charge on any atom is -0.495 e. The molecule has 1 aromatic carbocycles. The lowest BCUT2D eigenvalue weighted by atomic mass is 9.72. The monoisotopic (exact) mass is 732 g/mol. The number of rotatable bonds is 7. The van der Waals surface area contributed by atoms with E-state index in [4.69, 9.17) is 35.3 Å². The van der Waals surface area contributed by atoms with E-state index in [0.29, 0.717) is 23.9 Å². The van der Waals surface area contributed by atoms with Crippen molar-refractivity contribution in [1.29, 1.82) is 0 Å². The molecule has 0 aromatic heterocycles. The molecule has 6 bridgehead atoms. The van der Waals surface area contributed by atoms with E-state index in [1.807, 2.05) is 13.0 Å². The zero-order chi connectivity index (χ0) is 37.2. The minimum absolute atomic E-state index is 0.0928. The molecule has 7 atom stereocenters. The molecule has 2 N–H and O–H groups in total. The van der Waals surface area contributed by atoms with E-state index in [1.54, 1.807) is 52.1 Å². The van der Waals surface area contributed by atoms with Crippen molar-refractivity contribution in [3.05, 3.63) is 46.5 Å². The third-order valence-electron chi connectivity index (χ3n) is 9.78. The van der Waals surface area contributed by atoms with Gasteiger partial charge >= 0.3 is 12.1 Å². The lowest BCUT2D eigenvalue weighted by Gasteiger charge is -2.59. The van der Waals surface area contributed by atoms with Gasteiger partial charge in [-0.15, -0.1) is 0 Å². The molecule has 4 aliphatic heterocycles. The van der Waals surface area contributed by atoms with Crippen LogP contribution in [0.3, 0.4) is 0 Å². The van der Waals surface area contributed by atoms with Crippen LogP contribution in [0.1, 0.15) is 58.9 Å². The Bertz CT molecular complexity index is 1550. The predicted octanol–water partition coefficient (Wildman–Crippen LogP) is 3.64. The fourth-order valence-electron chi connectivity index (χ4n) is 6.79. The summed E-state index contributed by atoms with van der Waals surface area (Å²) < 4.78 is 29.3. The van der Waals surface area contributed by atoms with Gasteiger partial charge in [-0.25, -0.2) is 9.59 Å². The van der Waals surface area contributed by atoms with Gasteiger partial charge in [-0.2, -0.15) is 0 Å². The van der Waals surface area contributed by atoms with Crippen LogP contribution in [0.5, 0.6) is 5.75 Å². The van der Waals surface area contributed by atoms with Gasteiger partial charge in [0.15, 0.2) is 5.72 Å².